The molecule has 0 aliphatic heterocycles. The van der Waals surface area contributed by atoms with Gasteiger partial charge in [0.1, 0.15) is 5.69 Å². The van der Waals surface area contributed by atoms with E-state index in [4.69, 9.17) is 17.3 Å². The maximum Gasteiger partial charge on any atom is 0.253 e. The number of anilines is 1. The minimum atomic E-state index is -2.73. The highest BCUT2D eigenvalue weighted by molar-refractivity contribution is 9.10. The van der Waals surface area contributed by atoms with Gasteiger partial charge >= 0.3 is 0 Å². The van der Waals surface area contributed by atoms with Crippen molar-refractivity contribution >= 4 is 55.9 Å². The third kappa shape index (κ3) is 5.33. The number of aromatic nitrogens is 2. The van der Waals surface area contributed by atoms with Crippen molar-refractivity contribution in [2.24, 2.45) is 11.7 Å². The molecule has 0 saturated heterocycles. The molecule has 7 nitrogen and oxygen atoms in total. The van der Waals surface area contributed by atoms with Gasteiger partial charge in [-0.2, -0.15) is 5.10 Å². The van der Waals surface area contributed by atoms with Crippen molar-refractivity contribution in [1.29, 1.82) is 0 Å². The molecule has 2 N–H and O–H groups in total. The zero-order chi connectivity index (χ0) is 27.1. The number of carbonyl (C=O) groups is 1. The van der Waals surface area contributed by atoms with Crippen LogP contribution in [0, 0.1) is 17.6 Å². The average Bonchev–Trinajstić information content (AvgIpc) is 3.61. The number of nitrogens with two attached hydrogens (primary N) is 1. The summed E-state index contributed by atoms with van der Waals surface area (Å²) in [5, 5.41) is 5.07. The predicted molar refractivity (Wildman–Crippen MR) is 145 cm³/mol. The lowest BCUT2D eigenvalue weighted by Gasteiger charge is -2.29. The largest absolute Gasteiger partial charge is 0.755 e. The highest BCUT2D eigenvalue weighted by Crippen LogP contribution is 2.38. The summed E-state index contributed by atoms with van der Waals surface area (Å²) in [6.45, 7) is -0.134. The van der Waals surface area contributed by atoms with E-state index >= 15 is 0 Å². The van der Waals surface area contributed by atoms with Crippen molar-refractivity contribution in [3.63, 3.8) is 0 Å². The second kappa shape index (κ2) is 10.7. The summed E-state index contributed by atoms with van der Waals surface area (Å²) in [4.78, 5) is 12.5. The summed E-state index contributed by atoms with van der Waals surface area (Å²) in [5.41, 5.74) is 8.45. The molecule has 38 heavy (non-hydrogen) atoms. The van der Waals surface area contributed by atoms with Crippen LogP contribution in [-0.2, 0) is 24.1 Å². The van der Waals surface area contributed by atoms with Gasteiger partial charge in [0.2, 0.25) is 0 Å². The number of fused-ring (bicyclic) bond motifs is 1. The minimum Gasteiger partial charge on any atom is -0.755 e. The number of rotatable bonds is 9. The van der Waals surface area contributed by atoms with Crippen LogP contribution < -0.4 is 10.0 Å². The maximum atomic E-state index is 14.4. The number of carbonyl (C=O) groups excluding carboxylic acids is 1. The Kier molecular flexibility index (Phi) is 7.54. The van der Waals surface area contributed by atoms with Crippen LogP contribution in [0.4, 0.5) is 14.5 Å². The zero-order valence-electron chi connectivity index (χ0n) is 19.8. The quantitative estimate of drug-likeness (QED) is 0.194. The summed E-state index contributed by atoms with van der Waals surface area (Å²) >= 11 is 6.23. The molecule has 0 radical (unpaired) electrons. The van der Waals surface area contributed by atoms with Gasteiger partial charge in [-0.05, 0) is 82.9 Å². The molecule has 1 unspecified atom stereocenters. The Morgan fingerprint density at radius 1 is 1.18 bits per heavy atom. The fourth-order valence-corrected chi connectivity index (χ4v) is 5.45. The zero-order valence-corrected chi connectivity index (χ0v) is 23.0. The second-order valence-corrected chi connectivity index (χ2v) is 11.3. The SMILES string of the molecule is NC(=O)c1c(-c2ccc(Cl)cc2)nn2cc(N(CCc3ccc(Br)c(F)c3F)S(=O)[O-])c(CC3CC3)cc12. The van der Waals surface area contributed by atoms with E-state index in [1.165, 1.54) is 22.8 Å². The molecule has 1 atom stereocenters. The van der Waals surface area contributed by atoms with E-state index < -0.39 is 28.8 Å². The van der Waals surface area contributed by atoms with Crippen molar-refractivity contribution in [2.45, 2.75) is 25.7 Å². The van der Waals surface area contributed by atoms with E-state index in [2.05, 4.69) is 21.0 Å². The summed E-state index contributed by atoms with van der Waals surface area (Å²) in [6, 6.07) is 11.3. The topological polar surface area (TPSA) is 104 Å². The summed E-state index contributed by atoms with van der Waals surface area (Å²) in [7, 11) is 0. The number of benzene rings is 2. The van der Waals surface area contributed by atoms with Gasteiger partial charge in [-0.25, -0.2) is 13.3 Å². The first-order valence-electron chi connectivity index (χ1n) is 11.7. The average molecular weight is 623 g/mol. The normalized spacial score (nSPS) is 14.1. The van der Waals surface area contributed by atoms with Crippen molar-refractivity contribution in [1.82, 2.24) is 9.61 Å². The molecule has 1 amide bonds. The van der Waals surface area contributed by atoms with Crippen LogP contribution in [0.25, 0.3) is 16.8 Å². The van der Waals surface area contributed by atoms with Crippen molar-refractivity contribution in [3.05, 3.63) is 86.5 Å². The molecule has 5 rings (SSSR count). The van der Waals surface area contributed by atoms with Crippen molar-refractivity contribution in [2.75, 3.05) is 10.8 Å². The lowest BCUT2D eigenvalue weighted by Crippen LogP contribution is -2.29. The maximum absolute atomic E-state index is 14.4. The van der Waals surface area contributed by atoms with Crippen LogP contribution in [0.5, 0.6) is 0 Å². The first kappa shape index (κ1) is 26.7. The van der Waals surface area contributed by atoms with Crippen LogP contribution in [0.1, 0.15) is 34.3 Å². The van der Waals surface area contributed by atoms with E-state index in [1.807, 2.05) is 0 Å². The van der Waals surface area contributed by atoms with Crippen LogP contribution in [0.15, 0.2) is 53.1 Å². The summed E-state index contributed by atoms with van der Waals surface area (Å²) in [6.07, 6.45) is 4.07. The number of primary amides is 1. The number of hydrogen-bond acceptors (Lipinski definition) is 4. The molecule has 1 aliphatic rings. The Hall–Kier alpha value is -2.86. The van der Waals surface area contributed by atoms with Gasteiger partial charge in [0, 0.05) is 28.4 Å². The first-order valence-corrected chi connectivity index (χ1v) is 13.9. The lowest BCUT2D eigenvalue weighted by molar-refractivity contribution is 0.100. The number of hydrogen-bond donors (Lipinski definition) is 1. The number of pyridine rings is 1. The molecule has 1 saturated carbocycles. The molecule has 12 heteroatoms. The third-order valence-electron chi connectivity index (χ3n) is 6.55. The molecular formula is C26H21BrClF2N4O3S-. The van der Waals surface area contributed by atoms with E-state index in [0.29, 0.717) is 45.4 Å². The standard InChI is InChI=1S/C26H22BrClF2N4O3S/c27-19-8-5-15(23(29)24(19)30)9-10-34(38(36)37)21-13-33-20(12-17(21)11-14-1-2-14)22(26(31)35)25(32-33)16-3-6-18(28)7-4-16/h3-8,12-14H,1-2,9-11H2,(H2,31,35)(H,36,37)/p-1. The number of nitrogens with zero attached hydrogens (tertiary/aromatic N) is 3. The van der Waals surface area contributed by atoms with Gasteiger partial charge in [0.25, 0.3) is 5.91 Å². The minimum absolute atomic E-state index is 0.0133. The van der Waals surface area contributed by atoms with Crippen LogP contribution in [0.3, 0.4) is 0 Å². The van der Waals surface area contributed by atoms with Gasteiger partial charge in [0.15, 0.2) is 11.6 Å². The van der Waals surface area contributed by atoms with Gasteiger partial charge in [0.05, 0.1) is 27.4 Å². The van der Waals surface area contributed by atoms with Crippen LogP contribution in [0.2, 0.25) is 5.02 Å². The van der Waals surface area contributed by atoms with E-state index in [0.717, 1.165) is 17.1 Å². The highest BCUT2D eigenvalue weighted by atomic mass is 79.9. The van der Waals surface area contributed by atoms with Crippen molar-refractivity contribution in [3.8, 4) is 11.3 Å². The summed E-state index contributed by atoms with van der Waals surface area (Å²) in [5.74, 6) is -2.35. The van der Waals surface area contributed by atoms with Crippen molar-refractivity contribution < 1.29 is 22.3 Å². The lowest BCUT2D eigenvalue weighted by atomic mass is 10.0. The Morgan fingerprint density at radius 2 is 1.89 bits per heavy atom. The van der Waals surface area contributed by atoms with E-state index in [1.54, 1.807) is 30.3 Å². The molecule has 1 aliphatic carbocycles. The van der Waals surface area contributed by atoms with Crippen LogP contribution >= 0.6 is 27.5 Å². The van der Waals surface area contributed by atoms with Gasteiger partial charge < -0.3 is 14.6 Å². The molecule has 2 heterocycles. The first-order chi connectivity index (χ1) is 18.1. The molecule has 1 fully saturated rings. The number of amides is 1. The predicted octanol–water partition coefficient (Wildman–Crippen LogP) is 5.59. The second-order valence-electron chi connectivity index (χ2n) is 9.16. The molecular weight excluding hydrogens is 602 g/mol. The molecule has 4 aromatic rings. The Morgan fingerprint density at radius 3 is 2.53 bits per heavy atom. The summed E-state index contributed by atoms with van der Waals surface area (Å²) < 4.78 is 55.8. The monoisotopic (exact) mass is 621 g/mol. The Bertz CT molecular complexity index is 1580. The molecule has 198 valence electrons. The van der Waals surface area contributed by atoms with Crippen LogP contribution in [-0.4, -0.2) is 30.8 Å². The fourth-order valence-electron chi connectivity index (χ4n) is 4.45. The van der Waals surface area contributed by atoms with E-state index in [-0.39, 0.29) is 28.6 Å². The Labute approximate surface area is 233 Å². The third-order valence-corrected chi connectivity index (χ3v) is 8.15. The molecule has 2 aromatic heterocycles. The van der Waals surface area contributed by atoms with Gasteiger partial charge in [-0.1, -0.05) is 29.8 Å². The fraction of sp³-hybridized carbons (Fsp3) is 0.231. The van der Waals surface area contributed by atoms with E-state index in [9.17, 15) is 22.3 Å². The van der Waals surface area contributed by atoms with Gasteiger partial charge in [-0.3, -0.25) is 9.00 Å². The van der Waals surface area contributed by atoms with Gasteiger partial charge in [-0.15, -0.1) is 0 Å². The molecule has 0 bridgehead atoms. The smallest absolute Gasteiger partial charge is 0.253 e. The Balaban J connectivity index is 1.60. The molecule has 2 aromatic carbocycles. The molecule has 0 spiro atoms. The number of halogens is 4. The highest BCUT2D eigenvalue weighted by Gasteiger charge is 2.27.